The summed E-state index contributed by atoms with van der Waals surface area (Å²) < 4.78 is 0.713. The van der Waals surface area contributed by atoms with Gasteiger partial charge in [0.15, 0.2) is 11.4 Å². The lowest BCUT2D eigenvalue weighted by molar-refractivity contribution is -0.135. The van der Waals surface area contributed by atoms with Gasteiger partial charge in [0, 0.05) is 15.6 Å². The van der Waals surface area contributed by atoms with E-state index < -0.39 is 11.5 Å². The molecule has 1 amide bonds. The zero-order chi connectivity index (χ0) is 19.9. The third kappa shape index (κ3) is 3.20. The first-order valence-electron chi connectivity index (χ1n) is 8.58. The van der Waals surface area contributed by atoms with Gasteiger partial charge in [0.1, 0.15) is 0 Å². The summed E-state index contributed by atoms with van der Waals surface area (Å²) in [5.74, 6) is 1.61. The molecule has 0 radical (unpaired) electrons. The van der Waals surface area contributed by atoms with Gasteiger partial charge < -0.3 is 5.11 Å². The third-order valence-corrected chi connectivity index (χ3v) is 5.41. The maximum Gasteiger partial charge on any atom is 0.265 e. The van der Waals surface area contributed by atoms with Crippen LogP contribution in [0.25, 0.3) is 0 Å². The smallest absolute Gasteiger partial charge is 0.265 e. The van der Waals surface area contributed by atoms with Gasteiger partial charge in [-0.25, -0.2) is 0 Å². The number of hydrogen-bond donors (Lipinski definition) is 1. The van der Waals surface area contributed by atoms with Crippen LogP contribution in [0.4, 0.5) is 5.69 Å². The molecule has 1 unspecified atom stereocenters. The molecule has 0 saturated carbocycles. The summed E-state index contributed by atoms with van der Waals surface area (Å²) in [5, 5.41) is 11.3. The van der Waals surface area contributed by atoms with E-state index >= 15 is 0 Å². The molecule has 2 aromatic carbocycles. The Bertz CT molecular complexity index is 982. The first-order valence-corrected chi connectivity index (χ1v) is 9.37. The molecule has 27 heavy (non-hydrogen) atoms. The fourth-order valence-electron chi connectivity index (χ4n) is 3.88. The minimum Gasteiger partial charge on any atom is -0.375 e. The van der Waals surface area contributed by atoms with Gasteiger partial charge in [0.05, 0.1) is 18.7 Å². The molecule has 1 aliphatic rings. The molecule has 0 aliphatic carbocycles. The molecule has 1 N–H and O–H groups in total. The first-order chi connectivity index (χ1) is 12.7. The van der Waals surface area contributed by atoms with E-state index in [-0.39, 0.29) is 18.7 Å². The Morgan fingerprint density at radius 1 is 1.22 bits per heavy atom. The van der Waals surface area contributed by atoms with Gasteiger partial charge in [-0.2, -0.15) is 0 Å². The summed E-state index contributed by atoms with van der Waals surface area (Å²) in [6.45, 7) is 5.73. The predicted molar refractivity (Wildman–Crippen MR) is 109 cm³/mol. The quantitative estimate of drug-likeness (QED) is 0.598. The number of anilines is 1. The van der Waals surface area contributed by atoms with Crippen LogP contribution in [0.1, 0.15) is 39.0 Å². The minimum absolute atomic E-state index is 0.0343. The standard InChI is InChI=1S/C22H20BrNO3/c1-5-8-24-18-7-6-16(23)11-17(18)22(27,21(24)26)12-19(25)20-14(3)9-13(2)10-15(20)4/h1,6-7,9-11,27H,8,12H2,2-4H3. The molecular formula is C22H20BrNO3. The number of aryl methyl sites for hydroxylation is 3. The van der Waals surface area contributed by atoms with Crippen LogP contribution in [0.15, 0.2) is 34.8 Å². The SMILES string of the molecule is C#CCN1C(=O)C(O)(CC(=O)c2c(C)cc(C)cc2C)c2cc(Br)ccc21. The number of terminal acetylenes is 1. The molecule has 2 aromatic rings. The number of aliphatic hydroxyl groups is 1. The van der Waals surface area contributed by atoms with Crippen molar-refractivity contribution in [2.45, 2.75) is 32.8 Å². The monoisotopic (exact) mass is 425 g/mol. The number of Topliss-reactive ketones (excluding diaryl/α,β-unsaturated/α-hetero) is 1. The molecular weight excluding hydrogens is 406 g/mol. The zero-order valence-corrected chi connectivity index (χ0v) is 17.1. The van der Waals surface area contributed by atoms with E-state index in [1.165, 1.54) is 4.90 Å². The van der Waals surface area contributed by atoms with Crippen LogP contribution in [0.5, 0.6) is 0 Å². The van der Waals surface area contributed by atoms with E-state index in [2.05, 4.69) is 21.9 Å². The molecule has 4 nitrogen and oxygen atoms in total. The summed E-state index contributed by atoms with van der Waals surface area (Å²) in [7, 11) is 0. The second kappa shape index (κ2) is 6.95. The number of carbonyl (C=O) groups excluding carboxylic acids is 2. The molecule has 3 rings (SSSR count). The second-order valence-electron chi connectivity index (χ2n) is 6.99. The van der Waals surface area contributed by atoms with Crippen LogP contribution < -0.4 is 4.90 Å². The normalized spacial score (nSPS) is 18.4. The molecule has 1 atom stereocenters. The number of ketones is 1. The van der Waals surface area contributed by atoms with E-state index in [0.717, 1.165) is 16.7 Å². The van der Waals surface area contributed by atoms with Crippen LogP contribution >= 0.6 is 15.9 Å². The molecule has 0 bridgehead atoms. The number of carbonyl (C=O) groups is 2. The van der Waals surface area contributed by atoms with Gasteiger partial charge >= 0.3 is 0 Å². The topological polar surface area (TPSA) is 57.6 Å². The highest BCUT2D eigenvalue weighted by atomic mass is 79.9. The van der Waals surface area contributed by atoms with Crippen molar-refractivity contribution in [2.75, 3.05) is 11.4 Å². The summed E-state index contributed by atoms with van der Waals surface area (Å²) in [6.07, 6.45) is 5.06. The third-order valence-electron chi connectivity index (χ3n) is 4.92. The second-order valence-corrected chi connectivity index (χ2v) is 7.91. The van der Waals surface area contributed by atoms with Gasteiger partial charge in [0.25, 0.3) is 5.91 Å². The molecule has 0 aromatic heterocycles. The van der Waals surface area contributed by atoms with Crippen molar-refractivity contribution in [1.82, 2.24) is 0 Å². The first kappa shape index (κ1) is 19.3. The molecule has 138 valence electrons. The average molecular weight is 426 g/mol. The van der Waals surface area contributed by atoms with Crippen molar-refractivity contribution in [1.29, 1.82) is 0 Å². The summed E-state index contributed by atoms with van der Waals surface area (Å²) in [4.78, 5) is 27.4. The highest BCUT2D eigenvalue weighted by Gasteiger charge is 2.51. The van der Waals surface area contributed by atoms with Crippen LogP contribution in [0.3, 0.4) is 0 Å². The number of hydrogen-bond acceptors (Lipinski definition) is 3. The van der Waals surface area contributed by atoms with Crippen molar-refractivity contribution >= 4 is 33.3 Å². The van der Waals surface area contributed by atoms with Crippen molar-refractivity contribution < 1.29 is 14.7 Å². The fraction of sp³-hybridized carbons (Fsp3) is 0.273. The number of nitrogens with zero attached hydrogens (tertiary/aromatic N) is 1. The number of benzene rings is 2. The highest BCUT2D eigenvalue weighted by molar-refractivity contribution is 9.10. The number of halogens is 1. The van der Waals surface area contributed by atoms with Crippen molar-refractivity contribution in [3.05, 3.63) is 62.6 Å². The van der Waals surface area contributed by atoms with Crippen LogP contribution in [-0.4, -0.2) is 23.3 Å². The maximum atomic E-state index is 13.1. The van der Waals surface area contributed by atoms with Crippen molar-refractivity contribution in [3.63, 3.8) is 0 Å². The Morgan fingerprint density at radius 2 is 1.85 bits per heavy atom. The Labute approximate surface area is 167 Å². The van der Waals surface area contributed by atoms with Crippen LogP contribution in [0, 0.1) is 33.1 Å². The van der Waals surface area contributed by atoms with Gasteiger partial charge in [-0.3, -0.25) is 14.5 Å². The Hall–Kier alpha value is -2.42. The van der Waals surface area contributed by atoms with E-state index in [1.54, 1.807) is 18.2 Å². The van der Waals surface area contributed by atoms with Gasteiger partial charge in [-0.15, -0.1) is 6.42 Å². The highest BCUT2D eigenvalue weighted by Crippen LogP contribution is 2.44. The van der Waals surface area contributed by atoms with E-state index in [9.17, 15) is 14.7 Å². The Morgan fingerprint density at radius 3 is 2.44 bits per heavy atom. The van der Waals surface area contributed by atoms with E-state index in [4.69, 9.17) is 6.42 Å². The van der Waals surface area contributed by atoms with E-state index in [0.29, 0.717) is 21.3 Å². The molecule has 1 aliphatic heterocycles. The zero-order valence-electron chi connectivity index (χ0n) is 15.5. The average Bonchev–Trinajstić information content (AvgIpc) is 2.76. The van der Waals surface area contributed by atoms with Gasteiger partial charge in [-0.05, 0) is 50.1 Å². The summed E-state index contributed by atoms with van der Waals surface area (Å²) >= 11 is 3.37. The molecule has 0 fully saturated rings. The molecule has 1 heterocycles. The van der Waals surface area contributed by atoms with Gasteiger partial charge in [-0.1, -0.05) is 39.5 Å². The predicted octanol–water partition coefficient (Wildman–Crippen LogP) is 3.81. The summed E-state index contributed by atoms with van der Waals surface area (Å²) in [5.41, 5.74) is 2.28. The van der Waals surface area contributed by atoms with Crippen molar-refractivity contribution in [2.24, 2.45) is 0 Å². The lowest BCUT2D eigenvalue weighted by Gasteiger charge is -2.23. The fourth-order valence-corrected chi connectivity index (χ4v) is 4.24. The maximum absolute atomic E-state index is 13.1. The number of rotatable bonds is 4. The minimum atomic E-state index is -1.93. The summed E-state index contributed by atoms with van der Waals surface area (Å²) in [6, 6.07) is 9.02. The van der Waals surface area contributed by atoms with Crippen LogP contribution in [-0.2, 0) is 10.4 Å². The van der Waals surface area contributed by atoms with Crippen LogP contribution in [0.2, 0.25) is 0 Å². The lowest BCUT2D eigenvalue weighted by atomic mass is 9.85. The Balaban J connectivity index is 2.06. The van der Waals surface area contributed by atoms with Crippen molar-refractivity contribution in [3.8, 4) is 12.3 Å². The number of amides is 1. The van der Waals surface area contributed by atoms with Gasteiger partial charge in [0.2, 0.25) is 0 Å². The Kier molecular flexibility index (Phi) is 4.98. The molecule has 0 saturated heterocycles. The number of fused-ring (bicyclic) bond motifs is 1. The lowest BCUT2D eigenvalue weighted by Crippen LogP contribution is -2.42. The van der Waals surface area contributed by atoms with E-state index in [1.807, 2.05) is 32.9 Å². The molecule has 0 spiro atoms. The molecule has 5 heteroatoms. The largest absolute Gasteiger partial charge is 0.375 e.